The van der Waals surface area contributed by atoms with Gasteiger partial charge >= 0.3 is 0 Å². The Hall–Kier alpha value is -0.500. The van der Waals surface area contributed by atoms with Crippen LogP contribution in [0.3, 0.4) is 0 Å². The topological polar surface area (TPSA) is 15.3 Å². The van der Waals surface area contributed by atoms with Crippen LogP contribution in [0.15, 0.2) is 11.8 Å². The van der Waals surface area contributed by atoms with Crippen molar-refractivity contribution in [3.8, 4) is 0 Å². The molecule has 0 fully saturated rings. The molecule has 0 bridgehead atoms. The van der Waals surface area contributed by atoms with Gasteiger partial charge in [0.1, 0.15) is 0 Å². The van der Waals surface area contributed by atoms with E-state index in [1.165, 1.54) is 5.57 Å². The molecule has 0 radical (unpaired) electrons. The first-order chi connectivity index (χ1) is 12.0. The van der Waals surface area contributed by atoms with E-state index in [4.69, 9.17) is 0 Å². The maximum absolute atomic E-state index is 3.47. The van der Waals surface area contributed by atoms with E-state index < -0.39 is 0 Å². The molecule has 0 aliphatic carbocycles. The van der Waals surface area contributed by atoms with Gasteiger partial charge in [0.25, 0.3) is 0 Å². The summed E-state index contributed by atoms with van der Waals surface area (Å²) in [6.07, 6.45) is 4.64. The quantitative estimate of drug-likeness (QED) is 0.419. The average Bonchev–Trinajstić information content (AvgIpc) is 2.39. The number of hydrogen-bond acceptors (Lipinski definition) is 2. The number of nitrogens with one attached hydrogen (secondary N) is 1. The summed E-state index contributed by atoms with van der Waals surface area (Å²) < 4.78 is 0. The first kappa shape index (κ1) is 27.5. The molecule has 0 saturated heterocycles. The number of rotatable bonds is 8. The minimum absolute atomic E-state index is 0.0163. The average molecular weight is 395 g/mol. The van der Waals surface area contributed by atoms with Crippen molar-refractivity contribution in [2.75, 3.05) is 7.05 Å². The molecule has 1 N–H and O–H groups in total. The fourth-order valence-electron chi connectivity index (χ4n) is 3.85. The first-order valence-electron chi connectivity index (χ1n) is 11.2. The molecule has 0 aromatic carbocycles. The Balaban J connectivity index is 5.74. The fraction of sp³-hybridized carbons (Fsp3) is 0.923. The number of hydrogen-bond donors (Lipinski definition) is 1. The molecule has 0 spiro atoms. The van der Waals surface area contributed by atoms with Crippen molar-refractivity contribution in [3.05, 3.63) is 11.8 Å². The van der Waals surface area contributed by atoms with E-state index in [1.54, 1.807) is 0 Å². The molecule has 0 unspecified atom stereocenters. The molecule has 0 aliphatic rings. The summed E-state index contributed by atoms with van der Waals surface area (Å²) in [4.78, 5) is 0. The highest BCUT2D eigenvalue weighted by Gasteiger charge is 2.41. The minimum atomic E-state index is 0.0163. The second-order valence-corrected chi connectivity index (χ2v) is 13.7. The van der Waals surface area contributed by atoms with Crippen molar-refractivity contribution in [1.29, 1.82) is 0 Å². The summed E-state index contributed by atoms with van der Waals surface area (Å²) in [6.45, 7) is 35.6. The van der Waals surface area contributed by atoms with E-state index >= 15 is 0 Å². The van der Waals surface area contributed by atoms with E-state index in [2.05, 4.69) is 120 Å². The summed E-state index contributed by atoms with van der Waals surface area (Å²) in [7, 11) is 2.04. The molecule has 168 valence electrons. The molecule has 2 nitrogen and oxygen atoms in total. The minimum Gasteiger partial charge on any atom is -0.310 e. The van der Waals surface area contributed by atoms with E-state index in [0.717, 1.165) is 12.8 Å². The zero-order valence-corrected chi connectivity index (χ0v) is 22.4. The monoisotopic (exact) mass is 394 g/mol. The van der Waals surface area contributed by atoms with Gasteiger partial charge in [0.2, 0.25) is 0 Å². The Kier molecular flexibility index (Phi) is 8.17. The molecule has 28 heavy (non-hydrogen) atoms. The number of hydrazine groups is 1. The van der Waals surface area contributed by atoms with Crippen LogP contribution in [0, 0.1) is 27.1 Å². The summed E-state index contributed by atoms with van der Waals surface area (Å²) in [5, 5.41) is 2.33. The maximum Gasteiger partial charge on any atom is 0.0505 e. The zero-order valence-electron chi connectivity index (χ0n) is 22.4. The van der Waals surface area contributed by atoms with Crippen molar-refractivity contribution in [2.24, 2.45) is 27.1 Å². The standard InChI is InChI=1S/C26H54N2/c1-20(23(8,9)18-24(10,11)21(2,3)4)17-28(27-16)26(14,15)19-25(12,13)22(5,6)7/h17,27H,18-19H2,1-16H3/b20-17+. The normalized spacial score (nSPS) is 15.8. The van der Waals surface area contributed by atoms with Gasteiger partial charge in [-0.1, -0.05) is 88.7 Å². The third kappa shape index (κ3) is 6.78. The van der Waals surface area contributed by atoms with Crippen LogP contribution in [0.1, 0.15) is 117 Å². The van der Waals surface area contributed by atoms with E-state index in [0.29, 0.717) is 0 Å². The van der Waals surface area contributed by atoms with Crippen molar-refractivity contribution in [1.82, 2.24) is 10.4 Å². The lowest BCUT2D eigenvalue weighted by Crippen LogP contribution is -2.51. The summed E-state index contributed by atoms with van der Waals surface area (Å²) in [6, 6.07) is 0. The van der Waals surface area contributed by atoms with Crippen LogP contribution in [0.2, 0.25) is 0 Å². The fourth-order valence-corrected chi connectivity index (χ4v) is 3.85. The second kappa shape index (κ2) is 8.32. The maximum atomic E-state index is 3.47. The molecule has 0 atom stereocenters. The molecule has 0 aliphatic heterocycles. The Morgan fingerprint density at radius 1 is 0.679 bits per heavy atom. The smallest absolute Gasteiger partial charge is 0.0505 e. The molecule has 0 heterocycles. The van der Waals surface area contributed by atoms with Crippen LogP contribution >= 0.6 is 0 Å². The Morgan fingerprint density at radius 2 is 1.04 bits per heavy atom. The van der Waals surface area contributed by atoms with Gasteiger partial charge in [-0.3, -0.25) is 0 Å². The molecule has 0 amide bonds. The van der Waals surface area contributed by atoms with Crippen LogP contribution in [0.5, 0.6) is 0 Å². The van der Waals surface area contributed by atoms with Gasteiger partial charge in [0.15, 0.2) is 0 Å². The Bertz CT molecular complexity index is 534. The molecule has 0 rings (SSSR count). The lowest BCUT2D eigenvalue weighted by Gasteiger charge is -2.48. The van der Waals surface area contributed by atoms with Crippen LogP contribution < -0.4 is 5.43 Å². The van der Waals surface area contributed by atoms with Crippen molar-refractivity contribution < 1.29 is 0 Å². The summed E-state index contributed by atoms with van der Waals surface area (Å²) >= 11 is 0. The van der Waals surface area contributed by atoms with Gasteiger partial charge in [0, 0.05) is 13.2 Å². The van der Waals surface area contributed by atoms with Gasteiger partial charge in [-0.2, -0.15) is 0 Å². The van der Waals surface area contributed by atoms with Crippen LogP contribution in [0.4, 0.5) is 0 Å². The predicted molar refractivity (Wildman–Crippen MR) is 128 cm³/mol. The van der Waals surface area contributed by atoms with Gasteiger partial charge in [-0.05, 0) is 60.7 Å². The molecular formula is C26H54N2. The third-order valence-corrected chi connectivity index (χ3v) is 8.10. The van der Waals surface area contributed by atoms with Gasteiger partial charge in [-0.15, -0.1) is 0 Å². The molecule has 0 aromatic rings. The predicted octanol–water partition coefficient (Wildman–Crippen LogP) is 8.06. The van der Waals surface area contributed by atoms with Crippen LogP contribution in [0.25, 0.3) is 0 Å². The van der Waals surface area contributed by atoms with Crippen molar-refractivity contribution in [3.63, 3.8) is 0 Å². The van der Waals surface area contributed by atoms with Crippen molar-refractivity contribution >= 4 is 0 Å². The van der Waals surface area contributed by atoms with Gasteiger partial charge in [-0.25, -0.2) is 5.43 Å². The van der Waals surface area contributed by atoms with E-state index in [1.807, 2.05) is 7.05 Å². The number of nitrogens with zero attached hydrogens (tertiary/aromatic N) is 1. The summed E-state index contributed by atoms with van der Waals surface area (Å²) in [5.74, 6) is 0. The van der Waals surface area contributed by atoms with Gasteiger partial charge in [0.05, 0.1) is 5.54 Å². The molecule has 0 saturated carbocycles. The third-order valence-electron chi connectivity index (χ3n) is 8.10. The first-order valence-corrected chi connectivity index (χ1v) is 11.2. The van der Waals surface area contributed by atoms with Crippen LogP contribution in [-0.4, -0.2) is 17.6 Å². The second-order valence-electron chi connectivity index (χ2n) is 13.7. The SMILES string of the molecule is CNN(/C=C(\C)C(C)(C)CC(C)(C)C(C)(C)C)C(C)(C)CC(C)(C)C(C)(C)C. The van der Waals surface area contributed by atoms with Crippen LogP contribution in [-0.2, 0) is 0 Å². The largest absolute Gasteiger partial charge is 0.310 e. The molecule has 2 heteroatoms. The lowest BCUT2D eigenvalue weighted by molar-refractivity contribution is 0.0238. The highest BCUT2D eigenvalue weighted by molar-refractivity contribution is 5.12. The highest BCUT2D eigenvalue weighted by Crippen LogP contribution is 2.49. The Labute approximate surface area is 178 Å². The lowest BCUT2D eigenvalue weighted by atomic mass is 9.61. The highest BCUT2D eigenvalue weighted by atomic mass is 15.5. The van der Waals surface area contributed by atoms with E-state index in [9.17, 15) is 0 Å². The number of allylic oxidation sites excluding steroid dienone is 1. The molecular weight excluding hydrogens is 340 g/mol. The van der Waals surface area contributed by atoms with E-state index in [-0.39, 0.29) is 32.6 Å². The Morgan fingerprint density at radius 3 is 1.36 bits per heavy atom. The zero-order chi connectivity index (χ0) is 23.0. The van der Waals surface area contributed by atoms with Gasteiger partial charge < -0.3 is 5.01 Å². The van der Waals surface area contributed by atoms with Crippen molar-refractivity contribution in [2.45, 2.75) is 122 Å². The summed E-state index contributed by atoms with van der Waals surface area (Å²) in [5.41, 5.74) is 6.10. The molecule has 0 aromatic heterocycles.